The molecule has 0 unspecified atom stereocenters. The number of fused-ring (bicyclic) bond motifs is 1. The Morgan fingerprint density at radius 1 is 1.00 bits per heavy atom. The van der Waals surface area contributed by atoms with Crippen molar-refractivity contribution in [3.05, 3.63) is 64.5 Å². The smallest absolute Gasteiger partial charge is 0.204 e. The van der Waals surface area contributed by atoms with E-state index in [-0.39, 0.29) is 5.43 Å². The first-order valence-corrected chi connectivity index (χ1v) is 7.08. The average molecular weight is 312 g/mol. The van der Waals surface area contributed by atoms with Crippen molar-refractivity contribution in [2.75, 3.05) is 14.2 Å². The van der Waals surface area contributed by atoms with Crippen molar-refractivity contribution in [2.24, 2.45) is 0 Å². The second-order valence-corrected chi connectivity index (χ2v) is 4.87. The van der Waals surface area contributed by atoms with Gasteiger partial charge in [0.1, 0.15) is 17.6 Å². The summed E-state index contributed by atoms with van der Waals surface area (Å²) in [5, 5.41) is 0.332. The van der Waals surface area contributed by atoms with E-state index in [2.05, 4.69) is 0 Å². The van der Waals surface area contributed by atoms with Gasteiger partial charge in [0.05, 0.1) is 20.5 Å². The molecular formula is C18H16O5. The highest BCUT2D eigenvalue weighted by Crippen LogP contribution is 2.42. The van der Waals surface area contributed by atoms with Gasteiger partial charge in [-0.25, -0.2) is 0 Å². The molecule has 0 aliphatic carbocycles. The van der Waals surface area contributed by atoms with Gasteiger partial charge in [0, 0.05) is 12.1 Å². The summed E-state index contributed by atoms with van der Waals surface area (Å²) in [5.74, 6) is 1.13. The van der Waals surface area contributed by atoms with Crippen molar-refractivity contribution in [3.8, 4) is 17.2 Å². The summed E-state index contributed by atoms with van der Waals surface area (Å²) < 4.78 is 22.0. The van der Waals surface area contributed by atoms with Crippen LogP contribution in [0.3, 0.4) is 0 Å². The van der Waals surface area contributed by atoms with Gasteiger partial charge in [-0.1, -0.05) is 30.3 Å². The Balaban J connectivity index is 2.07. The molecule has 0 saturated carbocycles. The third-order valence-electron chi connectivity index (χ3n) is 3.47. The average Bonchev–Trinajstić information content (AvgIpc) is 2.59. The van der Waals surface area contributed by atoms with Crippen LogP contribution in [0, 0.1) is 0 Å². The molecular weight excluding hydrogens is 296 g/mol. The lowest BCUT2D eigenvalue weighted by Gasteiger charge is -2.15. The Kier molecular flexibility index (Phi) is 4.19. The fraction of sp³-hybridized carbons (Fsp3) is 0.167. The van der Waals surface area contributed by atoms with Crippen LogP contribution in [0.1, 0.15) is 5.56 Å². The van der Waals surface area contributed by atoms with Crippen molar-refractivity contribution in [1.29, 1.82) is 0 Å². The summed E-state index contributed by atoms with van der Waals surface area (Å²) in [7, 11) is 2.98. The Morgan fingerprint density at radius 3 is 2.43 bits per heavy atom. The molecule has 0 N–H and O–H groups in total. The number of rotatable bonds is 5. The Labute approximate surface area is 133 Å². The second kappa shape index (κ2) is 6.44. The maximum atomic E-state index is 12.1. The van der Waals surface area contributed by atoms with Gasteiger partial charge in [0.25, 0.3) is 0 Å². The van der Waals surface area contributed by atoms with Crippen molar-refractivity contribution >= 4 is 11.0 Å². The van der Waals surface area contributed by atoms with Crippen LogP contribution in [0.15, 0.2) is 57.9 Å². The molecule has 3 aromatic rings. The molecule has 23 heavy (non-hydrogen) atoms. The summed E-state index contributed by atoms with van der Waals surface area (Å²) >= 11 is 0. The molecule has 0 bridgehead atoms. The first-order chi connectivity index (χ1) is 11.2. The van der Waals surface area contributed by atoms with Crippen LogP contribution in [0.2, 0.25) is 0 Å². The molecule has 1 heterocycles. The highest BCUT2D eigenvalue weighted by molar-refractivity contribution is 5.88. The lowest BCUT2D eigenvalue weighted by Crippen LogP contribution is -2.05. The quantitative estimate of drug-likeness (QED) is 0.723. The molecule has 5 nitrogen and oxygen atoms in total. The third-order valence-corrected chi connectivity index (χ3v) is 3.47. The van der Waals surface area contributed by atoms with Crippen LogP contribution in [0.25, 0.3) is 11.0 Å². The SMILES string of the molecule is COc1c(OCc2ccccc2)cc2occc(=O)c2c1OC. The van der Waals surface area contributed by atoms with E-state index >= 15 is 0 Å². The summed E-state index contributed by atoms with van der Waals surface area (Å²) in [6, 6.07) is 12.7. The maximum absolute atomic E-state index is 12.1. The molecule has 5 heteroatoms. The van der Waals surface area contributed by atoms with Crippen LogP contribution in [-0.4, -0.2) is 14.2 Å². The van der Waals surface area contributed by atoms with Crippen molar-refractivity contribution in [3.63, 3.8) is 0 Å². The number of methoxy groups -OCH3 is 2. The first-order valence-electron chi connectivity index (χ1n) is 7.08. The predicted molar refractivity (Wildman–Crippen MR) is 86.4 cm³/mol. The Hall–Kier alpha value is -2.95. The highest BCUT2D eigenvalue weighted by Gasteiger charge is 2.19. The van der Waals surface area contributed by atoms with Crippen LogP contribution < -0.4 is 19.6 Å². The zero-order valence-corrected chi connectivity index (χ0v) is 12.9. The molecule has 1 aromatic heterocycles. The minimum Gasteiger partial charge on any atom is -0.492 e. The molecule has 0 saturated heterocycles. The van der Waals surface area contributed by atoms with Gasteiger partial charge in [-0.2, -0.15) is 0 Å². The lowest BCUT2D eigenvalue weighted by molar-refractivity contribution is 0.276. The fourth-order valence-electron chi connectivity index (χ4n) is 2.40. The fourth-order valence-corrected chi connectivity index (χ4v) is 2.40. The first kappa shape index (κ1) is 15.0. The largest absolute Gasteiger partial charge is 0.492 e. The molecule has 0 spiro atoms. The predicted octanol–water partition coefficient (Wildman–Crippen LogP) is 3.39. The highest BCUT2D eigenvalue weighted by atomic mass is 16.5. The van der Waals surface area contributed by atoms with Crippen molar-refractivity contribution in [2.45, 2.75) is 6.61 Å². The number of hydrogen-bond acceptors (Lipinski definition) is 5. The topological polar surface area (TPSA) is 57.9 Å². The lowest BCUT2D eigenvalue weighted by atomic mass is 10.1. The monoisotopic (exact) mass is 312 g/mol. The van der Waals surface area contributed by atoms with E-state index in [0.717, 1.165) is 5.56 Å². The molecule has 0 fully saturated rings. The Bertz CT molecular complexity index is 868. The maximum Gasteiger partial charge on any atom is 0.204 e. The summed E-state index contributed by atoms with van der Waals surface area (Å²) in [5.41, 5.74) is 1.21. The molecule has 2 aromatic carbocycles. The summed E-state index contributed by atoms with van der Waals surface area (Å²) in [4.78, 5) is 12.1. The van der Waals surface area contributed by atoms with Gasteiger partial charge in [0.15, 0.2) is 16.9 Å². The Morgan fingerprint density at radius 2 is 1.74 bits per heavy atom. The van der Waals surface area contributed by atoms with Crippen LogP contribution in [0.5, 0.6) is 17.2 Å². The molecule has 0 aliphatic rings. The van der Waals surface area contributed by atoms with Crippen molar-refractivity contribution in [1.82, 2.24) is 0 Å². The third kappa shape index (κ3) is 2.85. The van der Waals surface area contributed by atoms with E-state index in [1.165, 1.54) is 26.5 Å². The molecule has 0 aliphatic heterocycles. The summed E-state index contributed by atoms with van der Waals surface area (Å²) in [6.07, 6.45) is 1.34. The van der Waals surface area contributed by atoms with Gasteiger partial charge in [-0.05, 0) is 5.56 Å². The van der Waals surface area contributed by atoms with Crippen molar-refractivity contribution < 1.29 is 18.6 Å². The number of benzene rings is 2. The minimum absolute atomic E-state index is 0.198. The van der Waals surface area contributed by atoms with Crippen LogP contribution in [0.4, 0.5) is 0 Å². The van der Waals surface area contributed by atoms with Gasteiger partial charge < -0.3 is 18.6 Å². The van der Waals surface area contributed by atoms with E-state index in [1.807, 2.05) is 30.3 Å². The number of hydrogen-bond donors (Lipinski definition) is 0. The standard InChI is InChI=1S/C18H16O5/c1-20-17-15(23-11-12-6-4-3-5-7-12)10-14-16(18(17)21-2)13(19)8-9-22-14/h3-10H,11H2,1-2H3. The van der Waals surface area contributed by atoms with E-state index < -0.39 is 0 Å². The summed E-state index contributed by atoms with van der Waals surface area (Å²) in [6.45, 7) is 0.364. The van der Waals surface area contributed by atoms with Gasteiger partial charge in [0.2, 0.25) is 5.75 Å². The van der Waals surface area contributed by atoms with Crippen LogP contribution >= 0.6 is 0 Å². The van der Waals surface area contributed by atoms with Gasteiger partial charge in [-0.15, -0.1) is 0 Å². The van der Waals surface area contributed by atoms with E-state index in [4.69, 9.17) is 18.6 Å². The number of ether oxygens (including phenoxy) is 3. The molecule has 118 valence electrons. The van der Waals surface area contributed by atoms with Crippen LogP contribution in [-0.2, 0) is 6.61 Å². The molecule has 3 rings (SSSR count). The van der Waals surface area contributed by atoms with Gasteiger partial charge in [-0.3, -0.25) is 4.79 Å². The van der Waals surface area contributed by atoms with E-state index in [9.17, 15) is 4.79 Å². The zero-order chi connectivity index (χ0) is 16.2. The zero-order valence-electron chi connectivity index (χ0n) is 12.9. The molecule has 0 amide bonds. The van der Waals surface area contributed by atoms with Gasteiger partial charge >= 0.3 is 0 Å². The normalized spacial score (nSPS) is 10.5. The second-order valence-electron chi connectivity index (χ2n) is 4.87. The molecule has 0 atom stereocenters. The minimum atomic E-state index is -0.198. The molecule has 0 radical (unpaired) electrons. The van der Waals surface area contributed by atoms with E-state index in [1.54, 1.807) is 6.07 Å². The van der Waals surface area contributed by atoms with E-state index in [0.29, 0.717) is 34.8 Å².